The molecular weight excluding hydrogens is 229 g/mol. The van der Waals surface area contributed by atoms with E-state index < -0.39 is 12.0 Å². The van der Waals surface area contributed by atoms with E-state index in [1.54, 1.807) is 12.2 Å². The van der Waals surface area contributed by atoms with Crippen molar-refractivity contribution in [1.29, 1.82) is 0 Å². The van der Waals surface area contributed by atoms with E-state index in [1.165, 1.54) is 19.1 Å². The maximum Gasteiger partial charge on any atom is 0.523 e. The van der Waals surface area contributed by atoms with E-state index in [4.69, 9.17) is 0 Å². The van der Waals surface area contributed by atoms with Crippen LogP contribution in [0.1, 0.15) is 27.7 Å². The van der Waals surface area contributed by atoms with Gasteiger partial charge in [-0.25, -0.2) is 0 Å². The molecule has 1 unspecified atom stereocenters. The maximum atomic E-state index is 12.2. The second-order valence-corrected chi connectivity index (χ2v) is 5.30. The average molecular weight is 246 g/mol. The zero-order valence-corrected chi connectivity index (χ0v) is 10.4. The van der Waals surface area contributed by atoms with Gasteiger partial charge in [0.2, 0.25) is 0 Å². The molecule has 0 aromatic rings. The van der Waals surface area contributed by atoms with Crippen molar-refractivity contribution in [2.45, 2.75) is 39.7 Å². The second kappa shape index (κ2) is 4.33. The Morgan fingerprint density at radius 1 is 1.12 bits per heavy atom. The van der Waals surface area contributed by atoms with E-state index in [0.717, 1.165) is 5.57 Å². The highest BCUT2D eigenvalue weighted by Gasteiger charge is 2.38. The van der Waals surface area contributed by atoms with E-state index in [-0.39, 0.29) is 5.41 Å². The Bertz CT molecular complexity index is 369. The van der Waals surface area contributed by atoms with Crippen molar-refractivity contribution in [2.24, 2.45) is 5.41 Å². The number of rotatable bonds is 1. The van der Waals surface area contributed by atoms with Crippen LogP contribution in [0.3, 0.4) is 0 Å². The molecule has 0 saturated heterocycles. The molecule has 1 aliphatic rings. The smallest absolute Gasteiger partial charge is 0.277 e. The van der Waals surface area contributed by atoms with Gasteiger partial charge in [-0.05, 0) is 30.1 Å². The maximum absolute atomic E-state index is 12.2. The predicted octanol–water partition coefficient (Wildman–Crippen LogP) is 4.38. The average Bonchev–Trinajstić information content (AvgIpc) is 2.22. The summed E-state index contributed by atoms with van der Waals surface area (Å²) < 4.78 is 40.8. The summed E-state index contributed by atoms with van der Waals surface area (Å²) in [6.45, 7) is 7.39. The summed E-state index contributed by atoms with van der Waals surface area (Å²) >= 11 is 0. The fourth-order valence-electron chi connectivity index (χ4n) is 1.53. The second-order valence-electron chi connectivity index (χ2n) is 5.30. The van der Waals surface area contributed by atoms with Gasteiger partial charge in [0, 0.05) is 0 Å². The van der Waals surface area contributed by atoms with Gasteiger partial charge in [0.15, 0.2) is 0 Å². The van der Waals surface area contributed by atoms with Crippen molar-refractivity contribution in [1.82, 2.24) is 0 Å². The normalized spacial score (nSPS) is 25.7. The van der Waals surface area contributed by atoms with Gasteiger partial charge in [0.1, 0.15) is 5.60 Å². The van der Waals surface area contributed by atoms with Gasteiger partial charge in [-0.1, -0.05) is 39.0 Å². The molecule has 0 radical (unpaired) electrons. The molecule has 1 aliphatic carbocycles. The zero-order chi connectivity index (χ0) is 13.3. The standard InChI is InChI=1S/C13H17F3O/c1-11(2,3)10-6-5-8-12(4,9-7-10)17-13(14,15)16/h5-9H,1-4H3. The molecule has 0 spiro atoms. The summed E-state index contributed by atoms with van der Waals surface area (Å²) in [7, 11) is 0. The third-order valence-corrected chi connectivity index (χ3v) is 2.50. The van der Waals surface area contributed by atoms with E-state index in [0.29, 0.717) is 0 Å². The zero-order valence-electron chi connectivity index (χ0n) is 10.4. The van der Waals surface area contributed by atoms with Crippen LogP contribution < -0.4 is 0 Å². The number of alkyl halides is 3. The van der Waals surface area contributed by atoms with Crippen molar-refractivity contribution in [2.75, 3.05) is 0 Å². The van der Waals surface area contributed by atoms with E-state index in [9.17, 15) is 13.2 Å². The Labute approximate surface area is 99.7 Å². The minimum atomic E-state index is -4.64. The van der Waals surface area contributed by atoms with Crippen LogP contribution in [0, 0.1) is 5.41 Å². The van der Waals surface area contributed by atoms with Crippen molar-refractivity contribution in [3.05, 3.63) is 36.0 Å². The highest BCUT2D eigenvalue weighted by molar-refractivity contribution is 5.35. The Kier molecular flexibility index (Phi) is 3.58. The summed E-state index contributed by atoms with van der Waals surface area (Å²) in [6.07, 6.45) is 3.28. The molecule has 0 heterocycles. The fourth-order valence-corrected chi connectivity index (χ4v) is 1.53. The molecule has 96 valence electrons. The van der Waals surface area contributed by atoms with Gasteiger partial charge >= 0.3 is 6.36 Å². The van der Waals surface area contributed by atoms with Gasteiger partial charge in [0.05, 0.1) is 0 Å². The lowest BCUT2D eigenvalue weighted by atomic mass is 9.86. The molecule has 0 N–H and O–H groups in total. The van der Waals surface area contributed by atoms with Crippen molar-refractivity contribution >= 4 is 0 Å². The van der Waals surface area contributed by atoms with Gasteiger partial charge in [0.25, 0.3) is 0 Å². The van der Waals surface area contributed by atoms with Crippen molar-refractivity contribution in [3.63, 3.8) is 0 Å². The molecule has 0 aromatic carbocycles. The Hall–Kier alpha value is -1.03. The highest BCUT2D eigenvalue weighted by Crippen LogP contribution is 2.32. The van der Waals surface area contributed by atoms with Gasteiger partial charge in [-0.3, -0.25) is 4.74 Å². The monoisotopic (exact) mass is 246 g/mol. The third-order valence-electron chi connectivity index (χ3n) is 2.50. The van der Waals surface area contributed by atoms with Crippen LogP contribution in [-0.2, 0) is 4.74 Å². The fraction of sp³-hybridized carbons (Fsp3) is 0.538. The van der Waals surface area contributed by atoms with Crippen LogP contribution in [0.25, 0.3) is 0 Å². The van der Waals surface area contributed by atoms with E-state index in [2.05, 4.69) is 4.74 Å². The summed E-state index contributed by atoms with van der Waals surface area (Å²) in [5.74, 6) is 0. The van der Waals surface area contributed by atoms with Crippen LogP contribution in [0.4, 0.5) is 13.2 Å². The lowest BCUT2D eigenvalue weighted by Crippen LogP contribution is -2.31. The minimum Gasteiger partial charge on any atom is -0.277 e. The predicted molar refractivity (Wildman–Crippen MR) is 61.4 cm³/mol. The van der Waals surface area contributed by atoms with Crippen LogP contribution in [0.15, 0.2) is 36.0 Å². The van der Waals surface area contributed by atoms with Gasteiger partial charge in [-0.2, -0.15) is 0 Å². The van der Waals surface area contributed by atoms with Gasteiger partial charge < -0.3 is 0 Å². The summed E-state index contributed by atoms with van der Waals surface area (Å²) in [4.78, 5) is 0. The Morgan fingerprint density at radius 3 is 2.18 bits per heavy atom. The largest absolute Gasteiger partial charge is 0.523 e. The molecule has 1 atom stereocenters. The Balaban J connectivity index is 2.93. The summed E-state index contributed by atoms with van der Waals surface area (Å²) in [6, 6.07) is 0. The molecule has 0 bridgehead atoms. The highest BCUT2D eigenvalue weighted by atomic mass is 19.4. The van der Waals surface area contributed by atoms with Gasteiger partial charge in [-0.15, -0.1) is 13.2 Å². The molecule has 1 rings (SSSR count). The molecule has 0 fully saturated rings. The molecule has 4 heteroatoms. The molecule has 1 nitrogen and oxygen atoms in total. The quantitative estimate of drug-likeness (QED) is 0.667. The summed E-state index contributed by atoms with van der Waals surface area (Å²) in [5.41, 5.74) is -0.588. The van der Waals surface area contributed by atoms with Crippen LogP contribution in [0.2, 0.25) is 0 Å². The van der Waals surface area contributed by atoms with Crippen molar-refractivity contribution < 1.29 is 17.9 Å². The number of ether oxygens (including phenoxy) is 1. The first-order valence-electron chi connectivity index (χ1n) is 5.38. The topological polar surface area (TPSA) is 9.23 Å². The number of allylic oxidation sites excluding steroid dienone is 4. The van der Waals surface area contributed by atoms with Crippen LogP contribution in [-0.4, -0.2) is 12.0 Å². The number of halogens is 3. The first-order chi connectivity index (χ1) is 7.52. The lowest BCUT2D eigenvalue weighted by molar-refractivity contribution is -0.347. The number of hydrogen-bond acceptors (Lipinski definition) is 1. The Morgan fingerprint density at radius 2 is 1.71 bits per heavy atom. The molecule has 17 heavy (non-hydrogen) atoms. The van der Waals surface area contributed by atoms with E-state index in [1.807, 2.05) is 26.8 Å². The molecule has 0 aromatic heterocycles. The third kappa shape index (κ3) is 4.38. The van der Waals surface area contributed by atoms with E-state index >= 15 is 0 Å². The molecule has 0 saturated carbocycles. The lowest BCUT2D eigenvalue weighted by Gasteiger charge is -2.24. The molecule has 0 aliphatic heterocycles. The van der Waals surface area contributed by atoms with Crippen LogP contribution in [0.5, 0.6) is 0 Å². The first-order valence-corrected chi connectivity index (χ1v) is 5.38. The number of hydrogen-bond donors (Lipinski definition) is 0. The summed E-state index contributed by atoms with van der Waals surface area (Å²) in [5, 5.41) is 0. The minimum absolute atomic E-state index is 0.107. The first kappa shape index (κ1) is 14.0. The van der Waals surface area contributed by atoms with Crippen LogP contribution >= 0.6 is 0 Å². The van der Waals surface area contributed by atoms with Crippen molar-refractivity contribution in [3.8, 4) is 0 Å². The SMILES string of the molecule is CC1(OC(F)(F)F)C=CC=C(C(C)(C)C)C=C1. The molecule has 0 amide bonds. The molecular formula is C13H17F3O.